The third-order valence-corrected chi connectivity index (χ3v) is 5.00. The fourth-order valence-corrected chi connectivity index (χ4v) is 3.28. The van der Waals surface area contributed by atoms with Crippen LogP contribution in [0.1, 0.15) is 33.4 Å². The fourth-order valence-electron chi connectivity index (χ4n) is 2.98. The second-order valence-corrected chi connectivity index (χ2v) is 6.25. The van der Waals surface area contributed by atoms with Gasteiger partial charge in [-0.05, 0) is 86.7 Å². The average molecular weight is 302 g/mol. The van der Waals surface area contributed by atoms with Crippen molar-refractivity contribution in [3.63, 3.8) is 0 Å². The minimum atomic E-state index is 0.830. The van der Waals surface area contributed by atoms with Gasteiger partial charge in [0.1, 0.15) is 0 Å². The molecule has 0 aliphatic carbocycles. The minimum Gasteiger partial charge on any atom is -0.316 e. The van der Waals surface area contributed by atoms with Crippen molar-refractivity contribution in [3.8, 4) is 11.1 Å². The zero-order valence-electron chi connectivity index (χ0n) is 13.8. The van der Waals surface area contributed by atoms with E-state index in [2.05, 4.69) is 58.1 Å². The van der Waals surface area contributed by atoms with Crippen LogP contribution in [0.15, 0.2) is 18.2 Å². The maximum atomic E-state index is 6.56. The quantitative estimate of drug-likeness (QED) is 0.814. The number of hydrogen-bond acceptors (Lipinski definition) is 1. The topological polar surface area (TPSA) is 12.0 Å². The summed E-state index contributed by atoms with van der Waals surface area (Å²) >= 11 is 6.56. The van der Waals surface area contributed by atoms with Crippen molar-refractivity contribution < 1.29 is 0 Å². The van der Waals surface area contributed by atoms with Gasteiger partial charge in [-0.3, -0.25) is 0 Å². The molecule has 112 valence electrons. The normalized spacial score (nSPS) is 11.0. The van der Waals surface area contributed by atoms with Crippen LogP contribution >= 0.6 is 11.6 Å². The first kappa shape index (κ1) is 16.1. The molecule has 0 atom stereocenters. The summed E-state index contributed by atoms with van der Waals surface area (Å²) in [5.41, 5.74) is 10.4. The molecule has 0 fully saturated rings. The number of nitrogens with one attached hydrogen (secondary N) is 1. The third kappa shape index (κ3) is 2.86. The Kier molecular flexibility index (Phi) is 4.75. The lowest BCUT2D eigenvalue weighted by Gasteiger charge is -2.20. The number of hydrogen-bond donors (Lipinski definition) is 1. The van der Waals surface area contributed by atoms with Crippen molar-refractivity contribution in [2.75, 3.05) is 7.05 Å². The number of rotatable bonds is 3. The van der Waals surface area contributed by atoms with E-state index >= 15 is 0 Å². The maximum Gasteiger partial charge on any atom is 0.0487 e. The lowest BCUT2D eigenvalue weighted by molar-refractivity contribution is 0.818. The molecular formula is C19H24ClN. The van der Waals surface area contributed by atoms with Gasteiger partial charge in [0.15, 0.2) is 0 Å². The van der Waals surface area contributed by atoms with Crippen LogP contribution in [0.2, 0.25) is 5.02 Å². The van der Waals surface area contributed by atoms with Crippen LogP contribution in [0.5, 0.6) is 0 Å². The Morgan fingerprint density at radius 3 is 1.86 bits per heavy atom. The highest BCUT2D eigenvalue weighted by atomic mass is 35.5. The molecule has 1 N–H and O–H groups in total. The molecule has 0 spiro atoms. The summed E-state index contributed by atoms with van der Waals surface area (Å²) in [5.74, 6) is 0. The van der Waals surface area contributed by atoms with Crippen molar-refractivity contribution in [1.82, 2.24) is 5.32 Å². The average Bonchev–Trinajstić information content (AvgIpc) is 2.46. The molecule has 0 heterocycles. The maximum absolute atomic E-state index is 6.56. The SMILES string of the molecule is CNCc1ccc(-c2c(C)c(C)c(C)c(C)c2C)c(Cl)c1. The van der Waals surface area contributed by atoms with E-state index in [1.807, 2.05) is 7.05 Å². The number of halogens is 1. The van der Waals surface area contributed by atoms with E-state index in [9.17, 15) is 0 Å². The molecule has 0 amide bonds. The molecule has 2 heteroatoms. The lowest BCUT2D eigenvalue weighted by Crippen LogP contribution is -2.05. The van der Waals surface area contributed by atoms with Crippen LogP contribution in [-0.2, 0) is 6.54 Å². The van der Waals surface area contributed by atoms with Gasteiger partial charge in [0.05, 0.1) is 0 Å². The van der Waals surface area contributed by atoms with Crippen molar-refractivity contribution in [3.05, 3.63) is 56.6 Å². The molecule has 0 unspecified atom stereocenters. The second-order valence-electron chi connectivity index (χ2n) is 5.84. The first-order valence-corrected chi connectivity index (χ1v) is 7.76. The summed E-state index contributed by atoms with van der Waals surface area (Å²) in [7, 11) is 1.95. The third-order valence-electron chi connectivity index (χ3n) is 4.68. The molecule has 2 aromatic rings. The first-order chi connectivity index (χ1) is 9.88. The van der Waals surface area contributed by atoms with Gasteiger partial charge in [0.2, 0.25) is 0 Å². The Morgan fingerprint density at radius 2 is 1.38 bits per heavy atom. The zero-order valence-corrected chi connectivity index (χ0v) is 14.6. The fraction of sp³-hybridized carbons (Fsp3) is 0.368. The molecule has 21 heavy (non-hydrogen) atoms. The number of benzene rings is 2. The molecule has 0 radical (unpaired) electrons. The van der Waals surface area contributed by atoms with Gasteiger partial charge in [-0.25, -0.2) is 0 Å². The molecule has 0 bridgehead atoms. The second kappa shape index (κ2) is 6.21. The van der Waals surface area contributed by atoms with Crippen LogP contribution in [0.4, 0.5) is 0 Å². The predicted octanol–water partition coefficient (Wildman–Crippen LogP) is 5.27. The van der Waals surface area contributed by atoms with Gasteiger partial charge in [0, 0.05) is 17.1 Å². The zero-order chi connectivity index (χ0) is 15.7. The van der Waals surface area contributed by atoms with Gasteiger partial charge in [-0.1, -0.05) is 23.7 Å². The Bertz CT molecular complexity index is 657. The van der Waals surface area contributed by atoms with E-state index in [0.29, 0.717) is 0 Å². The van der Waals surface area contributed by atoms with E-state index in [1.54, 1.807) is 0 Å². The molecule has 1 nitrogen and oxygen atoms in total. The summed E-state index contributed by atoms with van der Waals surface area (Å²) in [6, 6.07) is 6.37. The van der Waals surface area contributed by atoms with E-state index in [1.165, 1.54) is 38.9 Å². The Hall–Kier alpha value is -1.31. The standard InChI is InChI=1S/C19H24ClN/c1-11-12(2)14(4)19(15(5)13(11)3)17-8-7-16(10-21-6)9-18(17)20/h7-9,21H,10H2,1-6H3. The van der Waals surface area contributed by atoms with Crippen molar-refractivity contribution in [1.29, 1.82) is 0 Å². The molecule has 0 aliphatic rings. The summed E-state index contributed by atoms with van der Waals surface area (Å²) in [6.45, 7) is 11.8. The van der Waals surface area contributed by atoms with Gasteiger partial charge in [-0.2, -0.15) is 0 Å². The van der Waals surface area contributed by atoms with Crippen molar-refractivity contribution in [2.45, 2.75) is 41.2 Å². The van der Waals surface area contributed by atoms with Gasteiger partial charge < -0.3 is 5.32 Å². The largest absolute Gasteiger partial charge is 0.316 e. The summed E-state index contributed by atoms with van der Waals surface area (Å²) in [4.78, 5) is 0. The van der Waals surface area contributed by atoms with Crippen LogP contribution in [-0.4, -0.2) is 7.05 Å². The van der Waals surface area contributed by atoms with Gasteiger partial charge in [-0.15, -0.1) is 0 Å². The Morgan fingerprint density at radius 1 is 0.857 bits per heavy atom. The van der Waals surface area contributed by atoms with E-state index in [-0.39, 0.29) is 0 Å². The Balaban J connectivity index is 2.68. The van der Waals surface area contributed by atoms with Crippen LogP contribution in [0.3, 0.4) is 0 Å². The van der Waals surface area contributed by atoms with E-state index in [0.717, 1.165) is 17.1 Å². The van der Waals surface area contributed by atoms with Gasteiger partial charge >= 0.3 is 0 Å². The highest BCUT2D eigenvalue weighted by Crippen LogP contribution is 2.37. The van der Waals surface area contributed by atoms with Crippen molar-refractivity contribution >= 4 is 11.6 Å². The van der Waals surface area contributed by atoms with Gasteiger partial charge in [0.25, 0.3) is 0 Å². The molecule has 0 saturated heterocycles. The van der Waals surface area contributed by atoms with E-state index < -0.39 is 0 Å². The molecule has 2 aromatic carbocycles. The highest BCUT2D eigenvalue weighted by Gasteiger charge is 2.16. The van der Waals surface area contributed by atoms with Crippen LogP contribution in [0, 0.1) is 34.6 Å². The van der Waals surface area contributed by atoms with E-state index in [4.69, 9.17) is 11.6 Å². The summed E-state index contributed by atoms with van der Waals surface area (Å²) in [6.07, 6.45) is 0. The Labute approximate surface area is 133 Å². The molecule has 0 saturated carbocycles. The molecule has 0 aliphatic heterocycles. The highest BCUT2D eigenvalue weighted by molar-refractivity contribution is 6.33. The predicted molar refractivity (Wildman–Crippen MR) is 93.3 cm³/mol. The minimum absolute atomic E-state index is 0.830. The lowest BCUT2D eigenvalue weighted by atomic mass is 9.86. The van der Waals surface area contributed by atoms with Crippen LogP contribution < -0.4 is 5.32 Å². The monoisotopic (exact) mass is 301 g/mol. The van der Waals surface area contributed by atoms with Crippen molar-refractivity contribution in [2.24, 2.45) is 0 Å². The van der Waals surface area contributed by atoms with Crippen LogP contribution in [0.25, 0.3) is 11.1 Å². The smallest absolute Gasteiger partial charge is 0.0487 e. The summed E-state index contributed by atoms with van der Waals surface area (Å²) in [5, 5.41) is 3.99. The first-order valence-electron chi connectivity index (χ1n) is 7.38. The summed E-state index contributed by atoms with van der Waals surface area (Å²) < 4.78 is 0. The molecule has 0 aromatic heterocycles. The molecular weight excluding hydrogens is 278 g/mol. The molecule has 2 rings (SSSR count).